The number of benzene rings is 1. The topological polar surface area (TPSA) is 159 Å². The second-order valence-electron chi connectivity index (χ2n) is 13.0. The molecule has 0 radical (unpaired) electrons. The number of nitrogens with one attached hydrogen (secondary N) is 2. The van der Waals surface area contributed by atoms with Crippen LogP contribution in [0.2, 0.25) is 0 Å². The number of aliphatic hydroxyl groups excluding tert-OH is 1. The number of rotatable bonds is 10. The second-order valence-corrected chi connectivity index (χ2v) is 14.1. The number of carbonyl (C=O) groups excluding carboxylic acids is 3. The Balaban J connectivity index is 1.30. The van der Waals surface area contributed by atoms with Gasteiger partial charge in [0, 0.05) is 58.6 Å². The van der Waals surface area contributed by atoms with Gasteiger partial charge in [-0.15, -0.1) is 11.8 Å². The summed E-state index contributed by atoms with van der Waals surface area (Å²) in [6.07, 6.45) is 0.338. The summed E-state index contributed by atoms with van der Waals surface area (Å²) in [6, 6.07) is 7.26. The van der Waals surface area contributed by atoms with Crippen LogP contribution in [0.4, 0.5) is 16.6 Å². The van der Waals surface area contributed by atoms with Crippen LogP contribution in [0.3, 0.4) is 0 Å². The van der Waals surface area contributed by atoms with Crippen molar-refractivity contribution in [3.63, 3.8) is 0 Å². The largest absolute Gasteiger partial charge is 0.468 e. The highest BCUT2D eigenvalue weighted by molar-refractivity contribution is 7.99. The molecule has 3 aliphatic heterocycles. The van der Waals surface area contributed by atoms with E-state index in [9.17, 15) is 19.5 Å². The van der Waals surface area contributed by atoms with Crippen molar-refractivity contribution >= 4 is 41.4 Å². The SMILES string of the molecule is COCOc1ccc2c(c1)CN(C(=O)OC(C)(C)C)[C@H]([C@H](O)CNC(=O)c1cc(NC3CN(C(C)=O)C3)nc(N3CCCC3)n1)SC2. The minimum Gasteiger partial charge on any atom is -0.468 e. The van der Waals surface area contributed by atoms with E-state index in [1.54, 1.807) is 38.8 Å². The van der Waals surface area contributed by atoms with Gasteiger partial charge in [0.15, 0.2) is 6.79 Å². The summed E-state index contributed by atoms with van der Waals surface area (Å²) in [5, 5.41) is 16.9. The first-order chi connectivity index (χ1) is 22.4. The summed E-state index contributed by atoms with van der Waals surface area (Å²) in [6.45, 7) is 9.77. The molecule has 3 amide bonds. The van der Waals surface area contributed by atoms with Gasteiger partial charge >= 0.3 is 6.09 Å². The lowest BCUT2D eigenvalue weighted by molar-refractivity contribution is -0.132. The van der Waals surface area contributed by atoms with Gasteiger partial charge in [-0.1, -0.05) is 6.07 Å². The van der Waals surface area contributed by atoms with Gasteiger partial charge in [-0.3, -0.25) is 14.5 Å². The van der Waals surface area contributed by atoms with Crippen molar-refractivity contribution in [2.24, 2.45) is 0 Å². The molecule has 3 aliphatic rings. The smallest absolute Gasteiger partial charge is 0.411 e. The van der Waals surface area contributed by atoms with Crippen LogP contribution in [0, 0.1) is 0 Å². The molecular formula is C32H45N7O7S. The molecule has 5 rings (SSSR count). The number of thioether (sulfide) groups is 1. The van der Waals surface area contributed by atoms with Crippen LogP contribution in [0.25, 0.3) is 0 Å². The van der Waals surface area contributed by atoms with Crippen LogP contribution >= 0.6 is 11.8 Å². The van der Waals surface area contributed by atoms with Gasteiger partial charge < -0.3 is 39.8 Å². The fourth-order valence-electron chi connectivity index (χ4n) is 5.56. The zero-order valence-electron chi connectivity index (χ0n) is 27.7. The summed E-state index contributed by atoms with van der Waals surface area (Å²) in [5.74, 6) is 1.64. The summed E-state index contributed by atoms with van der Waals surface area (Å²) >= 11 is 1.40. The molecule has 4 heterocycles. The van der Waals surface area contributed by atoms with Crippen molar-refractivity contribution in [2.45, 2.75) is 76.0 Å². The zero-order valence-corrected chi connectivity index (χ0v) is 28.5. The molecule has 1 aromatic heterocycles. The summed E-state index contributed by atoms with van der Waals surface area (Å²) in [7, 11) is 1.54. The molecule has 15 heteroatoms. The van der Waals surface area contributed by atoms with E-state index in [1.165, 1.54) is 23.6 Å². The first kappa shape index (κ1) is 34.5. The van der Waals surface area contributed by atoms with Gasteiger partial charge in [0.05, 0.1) is 12.6 Å². The van der Waals surface area contributed by atoms with E-state index >= 15 is 0 Å². The lowest BCUT2D eigenvalue weighted by atomic mass is 10.1. The van der Waals surface area contributed by atoms with Gasteiger partial charge in [-0.25, -0.2) is 9.78 Å². The maximum atomic E-state index is 13.5. The van der Waals surface area contributed by atoms with Crippen LogP contribution in [0.5, 0.6) is 5.75 Å². The van der Waals surface area contributed by atoms with Crippen molar-refractivity contribution in [3.8, 4) is 5.75 Å². The molecule has 14 nitrogen and oxygen atoms in total. The third-order valence-electron chi connectivity index (χ3n) is 8.02. The van der Waals surface area contributed by atoms with Gasteiger partial charge in [0.25, 0.3) is 5.91 Å². The predicted octanol–water partition coefficient (Wildman–Crippen LogP) is 2.80. The lowest BCUT2D eigenvalue weighted by Crippen LogP contribution is -2.56. The average Bonchev–Trinajstić information content (AvgIpc) is 3.47. The van der Waals surface area contributed by atoms with E-state index in [4.69, 9.17) is 14.2 Å². The Kier molecular flexibility index (Phi) is 11.0. The number of aromatic nitrogens is 2. The van der Waals surface area contributed by atoms with Gasteiger partial charge in [0.1, 0.15) is 34.3 Å². The van der Waals surface area contributed by atoms with Crippen LogP contribution in [-0.2, 0) is 26.6 Å². The van der Waals surface area contributed by atoms with E-state index in [2.05, 4.69) is 20.6 Å². The summed E-state index contributed by atoms with van der Waals surface area (Å²) < 4.78 is 16.4. The van der Waals surface area contributed by atoms with E-state index in [1.807, 2.05) is 23.1 Å². The Bertz CT molecular complexity index is 1440. The third-order valence-corrected chi connectivity index (χ3v) is 9.41. The van der Waals surface area contributed by atoms with Crippen LogP contribution in [0.15, 0.2) is 24.3 Å². The molecule has 2 fully saturated rings. The Hall–Kier alpha value is -3.82. The molecule has 2 aromatic rings. The predicted molar refractivity (Wildman–Crippen MR) is 177 cm³/mol. The number of carbonyl (C=O) groups is 3. The highest BCUT2D eigenvalue weighted by Gasteiger charge is 2.36. The van der Waals surface area contributed by atoms with Gasteiger partial charge in [-0.05, 0) is 56.9 Å². The van der Waals surface area contributed by atoms with Gasteiger partial charge in [-0.2, -0.15) is 4.98 Å². The second kappa shape index (κ2) is 14.9. The van der Waals surface area contributed by atoms with Crippen LogP contribution in [-0.4, -0.2) is 113 Å². The number of likely N-dealkylation sites (tertiary alicyclic amines) is 1. The average molecular weight is 672 g/mol. The minimum atomic E-state index is -1.12. The number of amides is 3. The van der Waals surface area contributed by atoms with E-state index in [0.717, 1.165) is 37.1 Å². The zero-order chi connectivity index (χ0) is 33.7. The maximum Gasteiger partial charge on any atom is 0.411 e. The number of hydrogen-bond donors (Lipinski definition) is 3. The fraction of sp³-hybridized carbons (Fsp3) is 0.594. The molecule has 0 bridgehead atoms. The number of anilines is 2. The standard InChI is InChI=1S/C32H45N7O7S/c1-20(40)38-16-23(17-38)34-27-13-25(35-30(36-27)37-10-6-7-11-37)28(42)33-14-26(41)29-39(31(43)46-32(2,3)4)15-22-12-24(45-19-44-5)9-8-21(22)18-47-29/h8-9,12-13,23,26,29,41H,6-7,10-11,14-19H2,1-5H3,(H,33,42)(H,34,35,36)/t26-,29+/m1/s1. The summed E-state index contributed by atoms with van der Waals surface area (Å²) in [4.78, 5) is 53.1. The fourth-order valence-corrected chi connectivity index (χ4v) is 6.85. The number of aliphatic hydroxyl groups is 1. The quantitative estimate of drug-likeness (QED) is 0.318. The molecule has 0 spiro atoms. The number of nitrogens with zero attached hydrogens (tertiary/aromatic N) is 5. The maximum absolute atomic E-state index is 13.5. The lowest BCUT2D eigenvalue weighted by Gasteiger charge is -2.39. The van der Waals surface area contributed by atoms with E-state index in [-0.39, 0.29) is 37.5 Å². The molecule has 3 N–H and O–H groups in total. The number of hydrogen-bond acceptors (Lipinski definition) is 12. The molecule has 0 unspecified atom stereocenters. The number of ether oxygens (including phenoxy) is 3. The van der Waals surface area contributed by atoms with Crippen LogP contribution in [0.1, 0.15) is 62.2 Å². The van der Waals surface area contributed by atoms with E-state index in [0.29, 0.717) is 36.4 Å². The molecule has 0 aliphatic carbocycles. The molecule has 47 heavy (non-hydrogen) atoms. The van der Waals surface area contributed by atoms with Crippen LogP contribution < -0.4 is 20.3 Å². The number of methoxy groups -OCH3 is 1. The Morgan fingerprint density at radius 3 is 2.53 bits per heavy atom. The molecule has 1 aromatic carbocycles. The number of fused-ring (bicyclic) bond motifs is 1. The minimum absolute atomic E-state index is 0.0175. The summed E-state index contributed by atoms with van der Waals surface area (Å²) in [5.41, 5.74) is 1.27. The van der Waals surface area contributed by atoms with Crippen molar-refractivity contribution in [2.75, 3.05) is 56.8 Å². The highest BCUT2D eigenvalue weighted by atomic mass is 32.2. The molecule has 2 atom stereocenters. The monoisotopic (exact) mass is 671 g/mol. The van der Waals surface area contributed by atoms with Gasteiger partial charge in [0.2, 0.25) is 11.9 Å². The highest BCUT2D eigenvalue weighted by Crippen LogP contribution is 2.34. The van der Waals surface area contributed by atoms with Crippen molar-refractivity contribution < 1.29 is 33.7 Å². The first-order valence-corrected chi connectivity index (χ1v) is 16.9. The molecular weight excluding hydrogens is 626 g/mol. The Labute approximate surface area is 279 Å². The molecule has 0 saturated carbocycles. The third kappa shape index (κ3) is 8.96. The van der Waals surface area contributed by atoms with Crippen molar-refractivity contribution in [3.05, 3.63) is 41.1 Å². The van der Waals surface area contributed by atoms with Crippen molar-refractivity contribution in [1.82, 2.24) is 25.1 Å². The normalized spacial score (nSPS) is 18.9. The Morgan fingerprint density at radius 2 is 1.85 bits per heavy atom. The molecule has 2 saturated heterocycles. The first-order valence-electron chi connectivity index (χ1n) is 15.9. The van der Waals surface area contributed by atoms with E-state index < -0.39 is 29.1 Å². The Morgan fingerprint density at radius 1 is 1.11 bits per heavy atom. The molecule has 256 valence electrons. The van der Waals surface area contributed by atoms with Crippen molar-refractivity contribution in [1.29, 1.82) is 0 Å².